The highest BCUT2D eigenvalue weighted by molar-refractivity contribution is 5.74. The summed E-state index contributed by atoms with van der Waals surface area (Å²) in [5, 5.41) is 3.13. The smallest absolute Gasteiger partial charge is 0.322 e. The fourth-order valence-electron chi connectivity index (χ4n) is 1.42. The minimum absolute atomic E-state index is 0.195. The van der Waals surface area contributed by atoms with Crippen molar-refractivity contribution >= 4 is 5.97 Å². The van der Waals surface area contributed by atoms with E-state index < -0.39 is 0 Å². The molecule has 4 heteroatoms. The molecule has 1 N–H and O–H groups in total. The molecular weight excluding hydrogens is 180 g/mol. The Morgan fingerprint density at radius 1 is 1.64 bits per heavy atom. The van der Waals surface area contributed by atoms with Gasteiger partial charge in [0.1, 0.15) is 6.04 Å². The highest BCUT2D eigenvalue weighted by Crippen LogP contribution is 2.24. The minimum Gasteiger partial charge on any atom is -0.468 e. The van der Waals surface area contributed by atoms with E-state index in [2.05, 4.69) is 22.0 Å². The van der Waals surface area contributed by atoms with Gasteiger partial charge in [0.25, 0.3) is 0 Å². The van der Waals surface area contributed by atoms with Crippen molar-refractivity contribution in [1.29, 1.82) is 0 Å². The van der Waals surface area contributed by atoms with Crippen molar-refractivity contribution in [3.8, 4) is 0 Å². The average molecular weight is 200 g/mol. The van der Waals surface area contributed by atoms with Crippen LogP contribution in [0.25, 0.3) is 0 Å². The second-order valence-electron chi connectivity index (χ2n) is 3.91. The van der Waals surface area contributed by atoms with Gasteiger partial charge in [0.2, 0.25) is 0 Å². The number of rotatable bonds is 6. The molecule has 0 bridgehead atoms. The normalized spacial score (nSPS) is 18.3. The molecule has 4 nitrogen and oxygen atoms in total. The number of nitrogens with zero attached hydrogens (tertiary/aromatic N) is 1. The second-order valence-corrected chi connectivity index (χ2v) is 3.91. The van der Waals surface area contributed by atoms with Gasteiger partial charge in [-0.05, 0) is 26.8 Å². The molecule has 0 aliphatic heterocycles. The lowest BCUT2D eigenvalue weighted by atomic mass is 10.3. The van der Waals surface area contributed by atoms with Gasteiger partial charge in [0.15, 0.2) is 0 Å². The van der Waals surface area contributed by atoms with Crippen molar-refractivity contribution in [2.24, 2.45) is 0 Å². The van der Waals surface area contributed by atoms with Crippen LogP contribution in [0.1, 0.15) is 19.8 Å². The molecule has 1 atom stereocenters. The summed E-state index contributed by atoms with van der Waals surface area (Å²) < 4.78 is 4.61. The molecule has 0 radical (unpaired) electrons. The van der Waals surface area contributed by atoms with Crippen molar-refractivity contribution in [2.45, 2.75) is 31.8 Å². The van der Waals surface area contributed by atoms with Gasteiger partial charge in [-0.1, -0.05) is 0 Å². The van der Waals surface area contributed by atoms with Crippen molar-refractivity contribution in [2.75, 3.05) is 27.2 Å². The van der Waals surface area contributed by atoms with Gasteiger partial charge in [0.05, 0.1) is 7.11 Å². The molecule has 82 valence electrons. The summed E-state index contributed by atoms with van der Waals surface area (Å²) in [4.78, 5) is 13.4. The van der Waals surface area contributed by atoms with Crippen molar-refractivity contribution in [3.63, 3.8) is 0 Å². The van der Waals surface area contributed by atoms with Gasteiger partial charge in [-0.2, -0.15) is 0 Å². The number of likely N-dealkylation sites (N-methyl/N-ethyl adjacent to an activating group) is 1. The molecule has 0 aromatic heterocycles. The van der Waals surface area contributed by atoms with E-state index in [4.69, 9.17) is 0 Å². The fourth-order valence-corrected chi connectivity index (χ4v) is 1.42. The van der Waals surface area contributed by atoms with Gasteiger partial charge in [0, 0.05) is 19.1 Å². The maximum Gasteiger partial charge on any atom is 0.322 e. The predicted octanol–water partition coefficient (Wildman–Crippen LogP) is 0.232. The zero-order chi connectivity index (χ0) is 10.6. The molecule has 0 aromatic rings. The Bertz CT molecular complexity index is 193. The Morgan fingerprint density at radius 2 is 2.29 bits per heavy atom. The maximum absolute atomic E-state index is 11.0. The quantitative estimate of drug-likeness (QED) is 0.623. The van der Waals surface area contributed by atoms with Gasteiger partial charge in [-0.25, -0.2) is 0 Å². The maximum atomic E-state index is 11.0. The number of ether oxygens (including phenoxy) is 1. The third-order valence-corrected chi connectivity index (χ3v) is 2.64. The Kier molecular flexibility index (Phi) is 4.35. The molecule has 14 heavy (non-hydrogen) atoms. The van der Waals surface area contributed by atoms with E-state index in [0.717, 1.165) is 19.1 Å². The molecule has 1 aliphatic rings. The second kappa shape index (κ2) is 5.32. The highest BCUT2D eigenvalue weighted by Gasteiger charge is 2.25. The summed E-state index contributed by atoms with van der Waals surface area (Å²) in [7, 11) is 3.54. The van der Waals surface area contributed by atoms with Crippen LogP contribution in [0.2, 0.25) is 0 Å². The summed E-state index contributed by atoms with van der Waals surface area (Å²) in [6.07, 6.45) is 2.64. The highest BCUT2D eigenvalue weighted by atomic mass is 16.5. The molecule has 1 aliphatic carbocycles. The molecule has 0 aromatic carbocycles. The van der Waals surface area contributed by atoms with Gasteiger partial charge in [-0.3, -0.25) is 4.79 Å². The SMILES string of the molecule is COC(=O)C(C)NCCN(C)C1CC1. The van der Waals surface area contributed by atoms with E-state index in [1.54, 1.807) is 0 Å². The molecular formula is C10H20N2O2. The Morgan fingerprint density at radius 3 is 2.79 bits per heavy atom. The predicted molar refractivity (Wildman–Crippen MR) is 55.1 cm³/mol. The summed E-state index contributed by atoms with van der Waals surface area (Å²) in [5.74, 6) is -0.195. The topological polar surface area (TPSA) is 41.6 Å². The van der Waals surface area contributed by atoms with E-state index in [1.165, 1.54) is 20.0 Å². The largest absolute Gasteiger partial charge is 0.468 e. The van der Waals surface area contributed by atoms with E-state index in [0.29, 0.717) is 0 Å². The van der Waals surface area contributed by atoms with Crippen LogP contribution in [-0.4, -0.2) is 50.2 Å². The number of carbonyl (C=O) groups excluding carboxylic acids is 1. The number of nitrogens with one attached hydrogen (secondary N) is 1. The number of methoxy groups -OCH3 is 1. The van der Waals surface area contributed by atoms with Crippen LogP contribution in [0.15, 0.2) is 0 Å². The zero-order valence-corrected chi connectivity index (χ0v) is 9.25. The minimum atomic E-state index is -0.201. The molecule has 0 saturated heterocycles. The molecule has 0 heterocycles. The van der Waals surface area contributed by atoms with Crippen LogP contribution in [0.5, 0.6) is 0 Å². The van der Waals surface area contributed by atoms with Crippen LogP contribution in [0.4, 0.5) is 0 Å². The lowest BCUT2D eigenvalue weighted by Crippen LogP contribution is -2.39. The van der Waals surface area contributed by atoms with Gasteiger partial charge < -0.3 is 15.0 Å². The Balaban J connectivity index is 2.04. The third-order valence-electron chi connectivity index (χ3n) is 2.64. The first-order valence-electron chi connectivity index (χ1n) is 5.16. The van der Waals surface area contributed by atoms with Crippen molar-refractivity contribution in [3.05, 3.63) is 0 Å². The summed E-state index contributed by atoms with van der Waals surface area (Å²) >= 11 is 0. The Labute approximate surface area is 85.6 Å². The van der Waals surface area contributed by atoms with E-state index in [-0.39, 0.29) is 12.0 Å². The van der Waals surface area contributed by atoms with Crippen LogP contribution >= 0.6 is 0 Å². The van der Waals surface area contributed by atoms with Crippen molar-refractivity contribution < 1.29 is 9.53 Å². The lowest BCUT2D eigenvalue weighted by molar-refractivity contribution is -0.142. The van der Waals surface area contributed by atoms with Crippen LogP contribution in [0.3, 0.4) is 0 Å². The van der Waals surface area contributed by atoms with Crippen LogP contribution in [-0.2, 0) is 9.53 Å². The summed E-state index contributed by atoms with van der Waals surface area (Å²) in [6, 6.07) is 0.581. The van der Waals surface area contributed by atoms with E-state index in [1.807, 2.05) is 6.92 Å². The van der Waals surface area contributed by atoms with Gasteiger partial charge in [-0.15, -0.1) is 0 Å². The molecule has 0 spiro atoms. The lowest BCUT2D eigenvalue weighted by Gasteiger charge is -2.17. The molecule has 1 unspecified atom stereocenters. The molecule has 1 saturated carbocycles. The average Bonchev–Trinajstić information content (AvgIpc) is 2.99. The molecule has 1 fully saturated rings. The number of hydrogen-bond acceptors (Lipinski definition) is 4. The van der Waals surface area contributed by atoms with Crippen LogP contribution < -0.4 is 5.32 Å². The van der Waals surface area contributed by atoms with Gasteiger partial charge >= 0.3 is 5.97 Å². The number of carbonyl (C=O) groups is 1. The number of hydrogen-bond donors (Lipinski definition) is 1. The Hall–Kier alpha value is -0.610. The number of esters is 1. The van der Waals surface area contributed by atoms with E-state index in [9.17, 15) is 4.79 Å². The van der Waals surface area contributed by atoms with E-state index >= 15 is 0 Å². The van der Waals surface area contributed by atoms with Crippen molar-refractivity contribution in [1.82, 2.24) is 10.2 Å². The monoisotopic (exact) mass is 200 g/mol. The first-order valence-corrected chi connectivity index (χ1v) is 5.16. The third kappa shape index (κ3) is 3.64. The molecule has 1 rings (SSSR count). The van der Waals surface area contributed by atoms with Crippen LogP contribution in [0, 0.1) is 0 Å². The standard InChI is InChI=1S/C10H20N2O2/c1-8(10(13)14-3)11-6-7-12(2)9-4-5-9/h8-9,11H,4-7H2,1-3H3. The fraction of sp³-hybridized carbons (Fsp3) is 0.900. The first kappa shape index (κ1) is 11.5. The first-order chi connectivity index (χ1) is 6.65. The molecule has 0 amide bonds. The summed E-state index contributed by atoms with van der Waals surface area (Å²) in [6.45, 7) is 3.65. The zero-order valence-electron chi connectivity index (χ0n) is 9.25. The summed E-state index contributed by atoms with van der Waals surface area (Å²) in [5.41, 5.74) is 0.